The SMILES string of the molecule is Br.Br.Br.Br.Cc1cc(-c2cc(C(C)C)cc(-c3cc(C)c(N=Cc4ccccn4)c(C)c3)c2C)cc(C)c1N=Cc1ccccn1.[Ni].[Ni]. The molecule has 0 radical (unpaired) electrons. The fourth-order valence-corrected chi connectivity index (χ4v) is 5.47. The first-order valence-corrected chi connectivity index (χ1v) is 14.5. The van der Waals surface area contributed by atoms with Crippen molar-refractivity contribution in [3.05, 3.63) is 130 Å². The third-order valence-electron chi connectivity index (χ3n) is 7.73. The molecule has 0 saturated carbocycles. The number of hydrogen-bond donors (Lipinski definition) is 0. The summed E-state index contributed by atoms with van der Waals surface area (Å²) in [7, 11) is 0. The van der Waals surface area contributed by atoms with Crippen molar-refractivity contribution < 1.29 is 33.0 Å². The van der Waals surface area contributed by atoms with Gasteiger partial charge in [-0.25, -0.2) is 0 Å². The molecule has 10 heteroatoms. The summed E-state index contributed by atoms with van der Waals surface area (Å²) in [4.78, 5) is 18.4. The predicted molar refractivity (Wildman–Crippen MR) is 219 cm³/mol. The van der Waals surface area contributed by atoms with Crippen molar-refractivity contribution >= 4 is 91.7 Å². The molecule has 0 bridgehead atoms. The second-order valence-corrected chi connectivity index (χ2v) is 11.3. The van der Waals surface area contributed by atoms with Gasteiger partial charge in [-0.2, -0.15) is 0 Å². The Morgan fingerprint density at radius 1 is 0.542 bits per heavy atom. The van der Waals surface area contributed by atoms with Crippen LogP contribution < -0.4 is 0 Å². The van der Waals surface area contributed by atoms with Gasteiger partial charge in [0.15, 0.2) is 0 Å². The van der Waals surface area contributed by atoms with E-state index in [4.69, 9.17) is 9.98 Å². The Balaban J connectivity index is 0. The molecule has 5 aromatic rings. The third kappa shape index (κ3) is 11.6. The molecule has 0 amide bonds. The first-order valence-electron chi connectivity index (χ1n) is 14.5. The van der Waals surface area contributed by atoms with Crippen LogP contribution in [0, 0.1) is 34.6 Å². The van der Waals surface area contributed by atoms with E-state index in [0.717, 1.165) is 45.0 Å². The molecule has 0 saturated heterocycles. The molecule has 0 aliphatic heterocycles. The Bertz CT molecular complexity index is 1640. The van der Waals surface area contributed by atoms with Crippen LogP contribution in [0.2, 0.25) is 0 Å². The summed E-state index contributed by atoms with van der Waals surface area (Å²) >= 11 is 0. The molecule has 0 spiro atoms. The molecule has 0 fully saturated rings. The molecule has 0 aliphatic rings. The van der Waals surface area contributed by atoms with Crippen molar-refractivity contribution in [1.82, 2.24) is 9.97 Å². The van der Waals surface area contributed by atoms with E-state index < -0.39 is 0 Å². The van der Waals surface area contributed by atoms with Crippen LogP contribution >= 0.6 is 67.9 Å². The minimum Gasteiger partial charge on any atom is -0.255 e. The van der Waals surface area contributed by atoms with Gasteiger partial charge in [0.2, 0.25) is 0 Å². The quantitative estimate of drug-likeness (QED) is 0.121. The largest absolute Gasteiger partial charge is 0.255 e. The molecule has 2 heterocycles. The molecule has 3 aromatic carbocycles. The van der Waals surface area contributed by atoms with E-state index >= 15 is 0 Å². The Kier molecular flexibility index (Phi) is 22.3. The van der Waals surface area contributed by atoms with Gasteiger partial charge in [-0.05, 0) is 145 Å². The van der Waals surface area contributed by atoms with Gasteiger partial charge in [-0.15, -0.1) is 67.9 Å². The summed E-state index contributed by atoms with van der Waals surface area (Å²) in [5, 5.41) is 0. The van der Waals surface area contributed by atoms with Crippen LogP contribution in [0.5, 0.6) is 0 Å². The third-order valence-corrected chi connectivity index (χ3v) is 7.73. The molecule has 0 atom stereocenters. The van der Waals surface area contributed by atoms with Crippen molar-refractivity contribution in [2.75, 3.05) is 0 Å². The van der Waals surface area contributed by atoms with Crippen LogP contribution in [0.15, 0.2) is 95.2 Å². The minimum absolute atomic E-state index is 0. The fraction of sp³-hybridized carbons (Fsp3) is 0.211. The van der Waals surface area contributed by atoms with Crippen molar-refractivity contribution in [2.24, 2.45) is 9.98 Å². The Hall–Kier alpha value is -1.79. The summed E-state index contributed by atoms with van der Waals surface area (Å²) < 4.78 is 0. The predicted octanol–water partition coefficient (Wildman–Crippen LogP) is 12.3. The van der Waals surface area contributed by atoms with E-state index in [1.807, 2.05) is 48.8 Å². The van der Waals surface area contributed by atoms with Gasteiger partial charge < -0.3 is 0 Å². The van der Waals surface area contributed by atoms with E-state index in [9.17, 15) is 0 Å². The second kappa shape index (κ2) is 22.1. The van der Waals surface area contributed by atoms with Crippen molar-refractivity contribution in [3.63, 3.8) is 0 Å². The summed E-state index contributed by atoms with van der Waals surface area (Å²) in [6.07, 6.45) is 7.26. The zero-order valence-electron chi connectivity index (χ0n) is 27.9. The average Bonchev–Trinajstić information content (AvgIpc) is 2.97. The maximum Gasteiger partial charge on any atom is 0.0812 e. The van der Waals surface area contributed by atoms with Gasteiger partial charge in [-0.1, -0.05) is 38.1 Å². The minimum atomic E-state index is 0. The number of aryl methyl sites for hydroxylation is 4. The monoisotopic (exact) mass is 986 g/mol. The Morgan fingerprint density at radius 2 is 0.896 bits per heavy atom. The summed E-state index contributed by atoms with van der Waals surface area (Å²) in [6.45, 7) is 15.3. The van der Waals surface area contributed by atoms with E-state index in [1.165, 1.54) is 33.4 Å². The first-order chi connectivity index (χ1) is 20.2. The van der Waals surface area contributed by atoms with Gasteiger partial charge in [0.05, 0.1) is 35.2 Å². The molecule has 4 nitrogen and oxygen atoms in total. The maximum atomic E-state index is 4.80. The van der Waals surface area contributed by atoms with Gasteiger partial charge in [0.25, 0.3) is 0 Å². The summed E-state index contributed by atoms with van der Waals surface area (Å²) in [5.41, 5.74) is 15.8. The van der Waals surface area contributed by atoms with Crippen LogP contribution in [0.25, 0.3) is 22.3 Å². The number of nitrogens with zero attached hydrogens (tertiary/aromatic N) is 4. The smallest absolute Gasteiger partial charge is 0.0812 e. The van der Waals surface area contributed by atoms with Crippen LogP contribution in [0.1, 0.15) is 64.5 Å². The fourth-order valence-electron chi connectivity index (χ4n) is 5.47. The van der Waals surface area contributed by atoms with Crippen LogP contribution in [-0.2, 0) is 33.0 Å². The Labute approximate surface area is 348 Å². The molecule has 5 rings (SSSR count). The topological polar surface area (TPSA) is 50.5 Å². The molecular weight excluding hydrogens is 949 g/mol. The van der Waals surface area contributed by atoms with Gasteiger partial charge >= 0.3 is 0 Å². The molecule has 2 aromatic heterocycles. The molecule has 0 unspecified atom stereocenters. The van der Waals surface area contributed by atoms with E-state index in [-0.39, 0.29) is 101 Å². The van der Waals surface area contributed by atoms with Crippen LogP contribution in [-0.4, -0.2) is 22.4 Å². The molecule has 262 valence electrons. The van der Waals surface area contributed by atoms with E-state index in [0.29, 0.717) is 5.92 Å². The van der Waals surface area contributed by atoms with E-state index in [1.54, 1.807) is 12.4 Å². The zero-order chi connectivity index (χ0) is 29.8. The molecule has 0 N–H and O–H groups in total. The number of aromatic nitrogens is 2. The molecule has 0 aliphatic carbocycles. The standard InChI is InChI=1S/C38H38N4.4BrH.2Ni/c1-24(2)30-20-35(31-16-25(3)37(26(4)17-31)41-22-33-12-8-10-14-39-33)29(7)36(21-30)32-18-27(5)38(28(6)19-32)42-23-34-13-9-11-15-40-34;;;;;;/h8-24H,1-7H3;4*1H;;. The Morgan fingerprint density at radius 3 is 1.19 bits per heavy atom. The summed E-state index contributed by atoms with van der Waals surface area (Å²) in [5.74, 6) is 0.400. The van der Waals surface area contributed by atoms with Gasteiger partial charge in [0.1, 0.15) is 0 Å². The van der Waals surface area contributed by atoms with Crippen LogP contribution in [0.3, 0.4) is 0 Å². The van der Waals surface area contributed by atoms with Gasteiger partial charge in [0, 0.05) is 45.4 Å². The molecular formula is C38H42Br4N4Ni2. The zero-order valence-corrected chi connectivity index (χ0v) is 36.7. The van der Waals surface area contributed by atoms with Crippen LogP contribution in [0.4, 0.5) is 11.4 Å². The molecule has 48 heavy (non-hydrogen) atoms. The number of halogens is 4. The maximum absolute atomic E-state index is 4.80. The average molecular weight is 992 g/mol. The number of benzene rings is 3. The summed E-state index contributed by atoms with van der Waals surface area (Å²) in [6, 6.07) is 25.5. The number of pyridine rings is 2. The number of rotatable bonds is 7. The van der Waals surface area contributed by atoms with Crippen molar-refractivity contribution in [2.45, 2.75) is 54.4 Å². The number of aliphatic imine (C=N–C) groups is 2. The normalized spacial score (nSPS) is 10.2. The number of hydrogen-bond acceptors (Lipinski definition) is 4. The van der Waals surface area contributed by atoms with Crippen molar-refractivity contribution in [3.8, 4) is 22.3 Å². The second-order valence-electron chi connectivity index (χ2n) is 11.3. The van der Waals surface area contributed by atoms with E-state index in [2.05, 4.69) is 94.8 Å². The first kappa shape index (κ1) is 48.3. The van der Waals surface area contributed by atoms with Crippen molar-refractivity contribution in [1.29, 1.82) is 0 Å². The van der Waals surface area contributed by atoms with Gasteiger partial charge in [-0.3, -0.25) is 20.0 Å².